The minimum Gasteiger partial charge on any atom is -0.353 e. The first-order valence-corrected chi connectivity index (χ1v) is 7.80. The molecule has 8 heteroatoms. The Kier molecular flexibility index (Phi) is 3.46. The first-order valence-electron chi connectivity index (χ1n) is 7.80. The molecule has 8 nitrogen and oxygen atoms in total. The molecule has 1 aliphatic heterocycles. The van der Waals surface area contributed by atoms with Gasteiger partial charge in [0.1, 0.15) is 17.7 Å². The number of rotatable bonds is 2. The second-order valence-corrected chi connectivity index (χ2v) is 5.70. The molecule has 0 saturated carbocycles. The molecule has 0 bridgehead atoms. The summed E-state index contributed by atoms with van der Waals surface area (Å²) in [5.41, 5.74) is 1.34. The summed E-state index contributed by atoms with van der Waals surface area (Å²) in [5.74, 6) is 2.62. The van der Waals surface area contributed by atoms with E-state index in [0.29, 0.717) is 5.56 Å². The van der Waals surface area contributed by atoms with Crippen LogP contribution in [0.25, 0.3) is 5.65 Å². The fourth-order valence-corrected chi connectivity index (χ4v) is 2.86. The Bertz CT molecular complexity index is 900. The molecule has 3 aromatic rings. The predicted octanol–water partition coefficient (Wildman–Crippen LogP) is 1.03. The van der Waals surface area contributed by atoms with Crippen LogP contribution < -0.4 is 9.80 Å². The Labute approximate surface area is 139 Å². The number of nitrogens with zero attached hydrogens (tertiary/aromatic N) is 8. The van der Waals surface area contributed by atoms with Gasteiger partial charge in [-0.05, 0) is 31.2 Å². The quantitative estimate of drug-likeness (QED) is 0.697. The number of nitriles is 1. The summed E-state index contributed by atoms with van der Waals surface area (Å²) in [6.45, 7) is 5.34. The fourth-order valence-electron chi connectivity index (χ4n) is 2.86. The van der Waals surface area contributed by atoms with Crippen molar-refractivity contribution >= 4 is 17.3 Å². The second-order valence-electron chi connectivity index (χ2n) is 5.70. The molecule has 1 aliphatic rings. The fraction of sp³-hybridized carbons (Fsp3) is 0.312. The lowest BCUT2D eigenvalue weighted by Crippen LogP contribution is -2.47. The van der Waals surface area contributed by atoms with E-state index in [9.17, 15) is 0 Å². The van der Waals surface area contributed by atoms with Gasteiger partial charge in [0.15, 0.2) is 11.5 Å². The first-order chi connectivity index (χ1) is 11.7. The van der Waals surface area contributed by atoms with E-state index in [4.69, 9.17) is 5.26 Å². The van der Waals surface area contributed by atoms with E-state index in [0.717, 1.165) is 49.3 Å². The molecule has 120 valence electrons. The summed E-state index contributed by atoms with van der Waals surface area (Å²) >= 11 is 0. The summed E-state index contributed by atoms with van der Waals surface area (Å²) in [4.78, 5) is 8.84. The Balaban J connectivity index is 1.48. The molecular weight excluding hydrogens is 304 g/mol. The molecule has 0 aromatic carbocycles. The van der Waals surface area contributed by atoms with Crippen LogP contribution in [0.15, 0.2) is 30.5 Å². The van der Waals surface area contributed by atoms with Gasteiger partial charge >= 0.3 is 0 Å². The van der Waals surface area contributed by atoms with Crippen molar-refractivity contribution in [3.05, 3.63) is 41.9 Å². The summed E-state index contributed by atoms with van der Waals surface area (Å²) in [6, 6.07) is 9.73. The smallest absolute Gasteiger partial charge is 0.178 e. The first kappa shape index (κ1) is 14.4. The van der Waals surface area contributed by atoms with Crippen LogP contribution in [0.1, 0.15) is 11.4 Å². The lowest BCUT2D eigenvalue weighted by atomic mass is 10.2. The third-order valence-corrected chi connectivity index (χ3v) is 4.21. The molecule has 4 rings (SSSR count). The third-order valence-electron chi connectivity index (χ3n) is 4.21. The zero-order valence-corrected chi connectivity index (χ0v) is 13.3. The van der Waals surface area contributed by atoms with Crippen LogP contribution in [0.2, 0.25) is 0 Å². The number of fused-ring (bicyclic) bond motifs is 1. The normalized spacial score (nSPS) is 14.8. The molecular formula is C16H16N8. The second kappa shape index (κ2) is 5.77. The minimum absolute atomic E-state index is 0.583. The van der Waals surface area contributed by atoms with Gasteiger partial charge in [-0.3, -0.25) is 0 Å². The minimum atomic E-state index is 0.583. The van der Waals surface area contributed by atoms with Crippen molar-refractivity contribution in [3.63, 3.8) is 0 Å². The highest BCUT2D eigenvalue weighted by Gasteiger charge is 2.19. The molecule has 0 N–H and O–H groups in total. The highest BCUT2D eigenvalue weighted by molar-refractivity contribution is 5.48. The average molecular weight is 320 g/mol. The van der Waals surface area contributed by atoms with Gasteiger partial charge < -0.3 is 9.80 Å². The lowest BCUT2D eigenvalue weighted by molar-refractivity contribution is 0.635. The van der Waals surface area contributed by atoms with E-state index >= 15 is 0 Å². The monoisotopic (exact) mass is 320 g/mol. The van der Waals surface area contributed by atoms with Gasteiger partial charge in [-0.15, -0.1) is 15.3 Å². The molecule has 0 radical (unpaired) electrons. The van der Waals surface area contributed by atoms with Crippen molar-refractivity contribution in [2.45, 2.75) is 6.92 Å². The van der Waals surface area contributed by atoms with Crippen molar-refractivity contribution in [2.75, 3.05) is 36.0 Å². The lowest BCUT2D eigenvalue weighted by Gasteiger charge is -2.35. The SMILES string of the molecule is Cc1nnc2ccc(N3CCN(c4ccc(C#N)cn4)CC3)nn12. The van der Waals surface area contributed by atoms with Crippen LogP contribution in [-0.2, 0) is 0 Å². The zero-order chi connectivity index (χ0) is 16.5. The van der Waals surface area contributed by atoms with Gasteiger partial charge in [0.05, 0.1) is 5.56 Å². The highest BCUT2D eigenvalue weighted by atomic mass is 15.4. The number of aryl methyl sites for hydroxylation is 1. The van der Waals surface area contributed by atoms with Crippen LogP contribution in [0.5, 0.6) is 0 Å². The van der Waals surface area contributed by atoms with Crippen molar-refractivity contribution in [1.29, 1.82) is 5.26 Å². The van der Waals surface area contributed by atoms with E-state index < -0.39 is 0 Å². The van der Waals surface area contributed by atoms with Gasteiger partial charge in [0, 0.05) is 32.4 Å². The molecule has 0 amide bonds. The van der Waals surface area contributed by atoms with Crippen molar-refractivity contribution in [2.24, 2.45) is 0 Å². The molecule has 0 unspecified atom stereocenters. The summed E-state index contributed by atoms with van der Waals surface area (Å²) in [7, 11) is 0. The topological polar surface area (TPSA) is 86.2 Å². The summed E-state index contributed by atoms with van der Waals surface area (Å²) in [5, 5.41) is 21.6. The molecule has 0 aliphatic carbocycles. The molecule has 0 atom stereocenters. The maximum Gasteiger partial charge on any atom is 0.178 e. The van der Waals surface area contributed by atoms with Crippen LogP contribution >= 0.6 is 0 Å². The Morgan fingerprint density at radius 2 is 1.67 bits per heavy atom. The molecule has 0 spiro atoms. The van der Waals surface area contributed by atoms with Crippen molar-refractivity contribution < 1.29 is 0 Å². The van der Waals surface area contributed by atoms with E-state index in [1.807, 2.05) is 25.1 Å². The standard InChI is InChI=1S/C16H16N8/c1-12-19-20-15-4-5-16(21-24(12)15)23-8-6-22(7-9-23)14-3-2-13(10-17)11-18-14/h2-5,11H,6-9H2,1H3. The zero-order valence-electron chi connectivity index (χ0n) is 13.3. The Morgan fingerprint density at radius 3 is 2.33 bits per heavy atom. The number of hydrogen-bond acceptors (Lipinski definition) is 7. The molecule has 24 heavy (non-hydrogen) atoms. The third kappa shape index (κ3) is 2.50. The molecule has 1 fully saturated rings. The largest absolute Gasteiger partial charge is 0.353 e. The van der Waals surface area contributed by atoms with E-state index in [-0.39, 0.29) is 0 Å². The number of pyridine rings is 1. The maximum atomic E-state index is 8.85. The molecule has 4 heterocycles. The number of anilines is 2. The predicted molar refractivity (Wildman–Crippen MR) is 88.9 cm³/mol. The number of piperazine rings is 1. The summed E-state index contributed by atoms with van der Waals surface area (Å²) in [6.07, 6.45) is 1.62. The van der Waals surface area contributed by atoms with Crippen LogP contribution in [0, 0.1) is 18.3 Å². The van der Waals surface area contributed by atoms with Crippen LogP contribution in [0.4, 0.5) is 11.6 Å². The van der Waals surface area contributed by atoms with Crippen molar-refractivity contribution in [3.8, 4) is 6.07 Å². The highest BCUT2D eigenvalue weighted by Crippen LogP contribution is 2.18. The van der Waals surface area contributed by atoms with Crippen molar-refractivity contribution in [1.82, 2.24) is 24.8 Å². The van der Waals surface area contributed by atoms with E-state index in [2.05, 4.69) is 36.1 Å². The van der Waals surface area contributed by atoms with Gasteiger partial charge in [-0.1, -0.05) is 0 Å². The molecule has 3 aromatic heterocycles. The van der Waals surface area contributed by atoms with E-state index in [1.54, 1.807) is 16.8 Å². The maximum absolute atomic E-state index is 8.85. The van der Waals surface area contributed by atoms with Crippen LogP contribution in [-0.4, -0.2) is 51.0 Å². The Hall–Kier alpha value is -3.21. The van der Waals surface area contributed by atoms with E-state index in [1.165, 1.54) is 0 Å². The van der Waals surface area contributed by atoms with Crippen LogP contribution in [0.3, 0.4) is 0 Å². The molecule has 1 saturated heterocycles. The summed E-state index contributed by atoms with van der Waals surface area (Å²) < 4.78 is 1.77. The van der Waals surface area contributed by atoms with Gasteiger partial charge in [-0.2, -0.15) is 9.78 Å². The van der Waals surface area contributed by atoms with Gasteiger partial charge in [0.2, 0.25) is 0 Å². The van der Waals surface area contributed by atoms with Gasteiger partial charge in [-0.25, -0.2) is 4.98 Å². The Morgan fingerprint density at radius 1 is 0.958 bits per heavy atom. The number of aromatic nitrogens is 5. The number of hydrogen-bond donors (Lipinski definition) is 0. The van der Waals surface area contributed by atoms with Gasteiger partial charge in [0.25, 0.3) is 0 Å². The average Bonchev–Trinajstić information content (AvgIpc) is 3.02.